The number of nitrogens with two attached hydrogens (primary N) is 2. The van der Waals surface area contributed by atoms with Crippen LogP contribution in [0.25, 0.3) is 0 Å². The lowest BCUT2D eigenvalue weighted by atomic mass is 9.98. The van der Waals surface area contributed by atoms with Gasteiger partial charge in [-0.2, -0.15) is 0 Å². The van der Waals surface area contributed by atoms with E-state index >= 15 is 0 Å². The molecule has 0 aromatic carbocycles. The minimum Gasteiger partial charge on any atom is -0.368 e. The van der Waals surface area contributed by atoms with Gasteiger partial charge in [-0.3, -0.25) is 4.79 Å². The van der Waals surface area contributed by atoms with Gasteiger partial charge in [0.25, 0.3) is 0 Å². The zero-order valence-corrected chi connectivity index (χ0v) is 10.5. The van der Waals surface area contributed by atoms with E-state index in [2.05, 4.69) is 18.7 Å². The van der Waals surface area contributed by atoms with Crippen LogP contribution in [0.2, 0.25) is 0 Å². The van der Waals surface area contributed by atoms with Crippen molar-refractivity contribution >= 4 is 5.91 Å². The van der Waals surface area contributed by atoms with Crippen LogP contribution in [0.5, 0.6) is 0 Å². The fourth-order valence-corrected chi connectivity index (χ4v) is 2.64. The van der Waals surface area contributed by atoms with Crippen LogP contribution in [0.1, 0.15) is 46.0 Å². The number of primary amides is 1. The Balaban J connectivity index is 2.58. The first kappa shape index (κ1) is 13.5. The second-order valence-electron chi connectivity index (χ2n) is 4.95. The summed E-state index contributed by atoms with van der Waals surface area (Å²) in [6, 6.07) is 0.442. The molecule has 0 spiro atoms. The maximum Gasteiger partial charge on any atom is 0.237 e. The molecule has 0 aliphatic heterocycles. The topological polar surface area (TPSA) is 72.3 Å². The number of rotatable bonds is 6. The molecule has 4 heteroatoms. The molecule has 0 heterocycles. The molecule has 2 unspecified atom stereocenters. The Hall–Kier alpha value is -0.610. The molecule has 4 N–H and O–H groups in total. The zero-order valence-electron chi connectivity index (χ0n) is 10.5. The highest BCUT2D eigenvalue weighted by Crippen LogP contribution is 2.31. The smallest absolute Gasteiger partial charge is 0.237 e. The molecule has 1 aliphatic carbocycles. The summed E-state index contributed by atoms with van der Waals surface area (Å²) in [5, 5.41) is 0. The van der Waals surface area contributed by atoms with E-state index < -0.39 is 5.54 Å². The van der Waals surface area contributed by atoms with Crippen molar-refractivity contribution in [3.8, 4) is 0 Å². The summed E-state index contributed by atoms with van der Waals surface area (Å²) in [6.45, 7) is 6.55. The number of carbonyl (C=O) groups is 1. The van der Waals surface area contributed by atoms with Crippen LogP contribution in [0.3, 0.4) is 0 Å². The van der Waals surface area contributed by atoms with Crippen molar-refractivity contribution in [1.82, 2.24) is 4.90 Å². The molecule has 1 amide bonds. The quantitative estimate of drug-likeness (QED) is 0.706. The van der Waals surface area contributed by atoms with Gasteiger partial charge in [0.15, 0.2) is 0 Å². The third-order valence-corrected chi connectivity index (χ3v) is 3.55. The molecule has 0 aromatic rings. The van der Waals surface area contributed by atoms with E-state index in [1.165, 1.54) is 0 Å². The fourth-order valence-electron chi connectivity index (χ4n) is 2.64. The van der Waals surface area contributed by atoms with Crippen molar-refractivity contribution < 1.29 is 4.79 Å². The highest BCUT2D eigenvalue weighted by molar-refractivity contribution is 5.84. The van der Waals surface area contributed by atoms with E-state index in [4.69, 9.17) is 11.5 Å². The zero-order chi connectivity index (χ0) is 12.2. The van der Waals surface area contributed by atoms with Gasteiger partial charge >= 0.3 is 0 Å². The number of hydrogen-bond donors (Lipinski definition) is 2. The SMILES string of the molecule is CCCN(CCC)C1CCC(N)(C(N)=O)C1. The van der Waals surface area contributed by atoms with Crippen LogP contribution < -0.4 is 11.5 Å². The van der Waals surface area contributed by atoms with Crippen molar-refractivity contribution in [2.45, 2.75) is 57.5 Å². The number of amides is 1. The molecule has 1 saturated carbocycles. The molecule has 16 heavy (non-hydrogen) atoms. The standard InChI is InChI=1S/C12H25N3O/c1-3-7-15(8-4-2)10-5-6-12(14,9-10)11(13)16/h10H,3-9,14H2,1-2H3,(H2,13,16). The number of hydrogen-bond acceptors (Lipinski definition) is 3. The molecular weight excluding hydrogens is 202 g/mol. The summed E-state index contributed by atoms with van der Waals surface area (Å²) in [4.78, 5) is 13.7. The Bertz CT molecular complexity index is 238. The van der Waals surface area contributed by atoms with Crippen molar-refractivity contribution in [1.29, 1.82) is 0 Å². The maximum absolute atomic E-state index is 11.3. The number of carbonyl (C=O) groups excluding carboxylic acids is 1. The highest BCUT2D eigenvalue weighted by Gasteiger charge is 2.42. The summed E-state index contributed by atoms with van der Waals surface area (Å²) in [5.74, 6) is -0.344. The van der Waals surface area contributed by atoms with Crippen LogP contribution in [0.4, 0.5) is 0 Å². The van der Waals surface area contributed by atoms with Gasteiger partial charge in [-0.15, -0.1) is 0 Å². The van der Waals surface area contributed by atoms with Gasteiger partial charge in [-0.25, -0.2) is 0 Å². The summed E-state index contributed by atoms with van der Waals surface area (Å²) in [7, 11) is 0. The third-order valence-electron chi connectivity index (χ3n) is 3.55. The molecule has 0 aromatic heterocycles. The lowest BCUT2D eigenvalue weighted by molar-refractivity contribution is -0.123. The summed E-state index contributed by atoms with van der Waals surface area (Å²) in [5.41, 5.74) is 10.6. The van der Waals surface area contributed by atoms with Crippen molar-refractivity contribution in [3.63, 3.8) is 0 Å². The lowest BCUT2D eigenvalue weighted by Crippen LogP contribution is -2.51. The van der Waals surface area contributed by atoms with Gasteiger partial charge in [0.2, 0.25) is 5.91 Å². The van der Waals surface area contributed by atoms with Crippen LogP contribution in [-0.2, 0) is 4.79 Å². The molecule has 1 aliphatic rings. The minimum absolute atomic E-state index is 0.344. The minimum atomic E-state index is -0.760. The molecular formula is C12H25N3O. The van der Waals surface area contributed by atoms with E-state index in [9.17, 15) is 4.79 Å². The Morgan fingerprint density at radius 2 is 1.94 bits per heavy atom. The van der Waals surface area contributed by atoms with Gasteiger partial charge in [0.1, 0.15) is 0 Å². The van der Waals surface area contributed by atoms with Gasteiger partial charge in [0, 0.05) is 6.04 Å². The summed E-state index contributed by atoms with van der Waals surface area (Å²) >= 11 is 0. The number of nitrogens with zero attached hydrogens (tertiary/aromatic N) is 1. The van der Waals surface area contributed by atoms with Crippen LogP contribution >= 0.6 is 0 Å². The summed E-state index contributed by atoms with van der Waals surface area (Å²) < 4.78 is 0. The van der Waals surface area contributed by atoms with Crippen LogP contribution in [-0.4, -0.2) is 35.5 Å². The second-order valence-corrected chi connectivity index (χ2v) is 4.95. The van der Waals surface area contributed by atoms with Gasteiger partial charge in [-0.1, -0.05) is 13.8 Å². The van der Waals surface area contributed by atoms with E-state index in [0.717, 1.165) is 45.2 Å². The van der Waals surface area contributed by atoms with Crippen LogP contribution in [0.15, 0.2) is 0 Å². The first-order valence-corrected chi connectivity index (χ1v) is 6.36. The van der Waals surface area contributed by atoms with Gasteiger partial charge < -0.3 is 16.4 Å². The van der Waals surface area contributed by atoms with Crippen molar-refractivity contribution in [3.05, 3.63) is 0 Å². The molecule has 94 valence electrons. The first-order valence-electron chi connectivity index (χ1n) is 6.36. The molecule has 4 nitrogen and oxygen atoms in total. The third kappa shape index (κ3) is 2.95. The molecule has 1 fully saturated rings. The largest absolute Gasteiger partial charge is 0.368 e. The lowest BCUT2D eigenvalue weighted by Gasteiger charge is -2.29. The average Bonchev–Trinajstić information content (AvgIpc) is 2.62. The molecule has 1 rings (SSSR count). The van der Waals surface area contributed by atoms with Gasteiger partial charge in [-0.05, 0) is 45.2 Å². The maximum atomic E-state index is 11.3. The normalized spacial score (nSPS) is 29.9. The Labute approximate surface area is 98.3 Å². The van der Waals surface area contributed by atoms with E-state index in [-0.39, 0.29) is 5.91 Å². The predicted octanol–water partition coefficient (Wildman–Crippen LogP) is 0.844. The van der Waals surface area contributed by atoms with Crippen LogP contribution in [0, 0.1) is 0 Å². The van der Waals surface area contributed by atoms with E-state index in [1.807, 2.05) is 0 Å². The van der Waals surface area contributed by atoms with E-state index in [0.29, 0.717) is 6.04 Å². The Morgan fingerprint density at radius 3 is 2.31 bits per heavy atom. The molecule has 0 bridgehead atoms. The predicted molar refractivity (Wildman–Crippen MR) is 65.9 cm³/mol. The highest BCUT2D eigenvalue weighted by atomic mass is 16.1. The summed E-state index contributed by atoms with van der Waals surface area (Å²) in [6.07, 6.45) is 4.74. The Morgan fingerprint density at radius 1 is 1.38 bits per heavy atom. The van der Waals surface area contributed by atoms with Gasteiger partial charge in [0.05, 0.1) is 5.54 Å². The monoisotopic (exact) mass is 227 g/mol. The van der Waals surface area contributed by atoms with Crippen molar-refractivity contribution in [2.24, 2.45) is 11.5 Å². The average molecular weight is 227 g/mol. The first-order chi connectivity index (χ1) is 7.53. The van der Waals surface area contributed by atoms with E-state index in [1.54, 1.807) is 0 Å². The second kappa shape index (κ2) is 5.64. The Kier molecular flexibility index (Phi) is 4.74. The molecule has 0 radical (unpaired) electrons. The molecule has 2 atom stereocenters. The van der Waals surface area contributed by atoms with Crippen molar-refractivity contribution in [2.75, 3.05) is 13.1 Å². The fraction of sp³-hybridized carbons (Fsp3) is 0.917. The molecule has 0 saturated heterocycles.